The number of piperidine rings is 3. The van der Waals surface area contributed by atoms with Crippen LogP contribution in [0.1, 0.15) is 28.9 Å². The lowest BCUT2D eigenvalue weighted by Gasteiger charge is -2.38. The average molecular weight is 323 g/mol. The van der Waals surface area contributed by atoms with Crippen molar-refractivity contribution >= 4 is 38.9 Å². The number of nitrogens with zero attached hydrogens (tertiary/aromatic N) is 1. The number of hydrogen-bond acceptors (Lipinski definition) is 3. The lowest BCUT2D eigenvalue weighted by atomic mass is 9.89. The van der Waals surface area contributed by atoms with Gasteiger partial charge in [0.05, 0.1) is 5.02 Å². The Morgan fingerprint density at radius 1 is 1.19 bits per heavy atom. The molecule has 3 aliphatic rings. The van der Waals surface area contributed by atoms with Crippen LogP contribution in [0.5, 0.6) is 0 Å². The number of carbonyl (C=O) groups excluding carboxylic acids is 1. The Kier molecular flexibility index (Phi) is 4.48. The summed E-state index contributed by atoms with van der Waals surface area (Å²) in [5.41, 5.74) is 5.17. The molecule has 0 spiro atoms. The maximum atomic E-state index is 10.9. The normalized spacial score (nSPS) is 23.7. The molecule has 112 valence electrons. The quantitative estimate of drug-likeness (QED) is 0.869. The summed E-state index contributed by atoms with van der Waals surface area (Å²) in [5, 5.41) is 1.36. The van der Waals surface area contributed by atoms with E-state index in [-0.39, 0.29) is 0 Å². The molecule has 1 amide bonds. The molecule has 0 unspecified atom stereocenters. The molecular weight excluding hydrogens is 304 g/mol. The van der Waals surface area contributed by atoms with Crippen LogP contribution in [0, 0.1) is 5.92 Å². The minimum atomic E-state index is -0.466. The monoisotopic (exact) mass is 322 g/mol. The zero-order valence-electron chi connectivity index (χ0n) is 11.8. The molecule has 5 heteroatoms. The first-order valence-corrected chi connectivity index (χ1v) is 8.54. The summed E-state index contributed by atoms with van der Waals surface area (Å²) >= 11 is 7.29. The van der Waals surface area contributed by atoms with Gasteiger partial charge < -0.3 is 10.6 Å². The Bertz CT molecular complexity index is 624. The van der Waals surface area contributed by atoms with Crippen molar-refractivity contribution in [2.75, 3.05) is 19.6 Å². The van der Waals surface area contributed by atoms with Crippen molar-refractivity contribution in [2.45, 2.75) is 19.3 Å². The summed E-state index contributed by atoms with van der Waals surface area (Å²) in [6.45, 7) is 4.18. The topological polar surface area (TPSA) is 46.3 Å². The predicted octanol–water partition coefficient (Wildman–Crippen LogP) is 3.76. The number of benzene rings is 1. The van der Waals surface area contributed by atoms with Gasteiger partial charge in [-0.15, -0.1) is 11.3 Å². The molecule has 1 aromatic heterocycles. The molecule has 3 aliphatic heterocycles. The van der Waals surface area contributed by atoms with Gasteiger partial charge in [0, 0.05) is 10.1 Å². The van der Waals surface area contributed by atoms with Gasteiger partial charge in [-0.25, -0.2) is 0 Å². The zero-order valence-corrected chi connectivity index (χ0v) is 13.4. The molecule has 2 bridgehead atoms. The van der Waals surface area contributed by atoms with Crippen molar-refractivity contribution in [3.63, 3.8) is 0 Å². The molecule has 2 aromatic rings. The van der Waals surface area contributed by atoms with Gasteiger partial charge in [-0.05, 0) is 50.9 Å². The molecule has 3 nitrogen and oxygen atoms in total. The van der Waals surface area contributed by atoms with Gasteiger partial charge in [0.1, 0.15) is 4.88 Å². The van der Waals surface area contributed by atoms with E-state index in [1.165, 1.54) is 50.2 Å². The number of halogens is 1. The van der Waals surface area contributed by atoms with Crippen LogP contribution in [0.3, 0.4) is 0 Å². The van der Waals surface area contributed by atoms with Crippen LogP contribution in [0.2, 0.25) is 5.02 Å². The van der Waals surface area contributed by atoms with Crippen molar-refractivity contribution in [3.05, 3.63) is 34.2 Å². The zero-order chi connectivity index (χ0) is 14.8. The number of nitrogens with two attached hydrogens (primary N) is 1. The average Bonchev–Trinajstić information content (AvgIpc) is 2.88. The Balaban J connectivity index is 0.000000140. The molecule has 0 saturated carbocycles. The lowest BCUT2D eigenvalue weighted by Crippen LogP contribution is -2.41. The van der Waals surface area contributed by atoms with E-state index in [1.54, 1.807) is 0 Å². The highest BCUT2D eigenvalue weighted by Crippen LogP contribution is 2.34. The van der Waals surface area contributed by atoms with Crippen molar-refractivity contribution in [3.8, 4) is 0 Å². The minimum Gasteiger partial charge on any atom is -0.365 e. The van der Waals surface area contributed by atoms with Crippen molar-refractivity contribution in [1.82, 2.24) is 4.90 Å². The third kappa shape index (κ3) is 3.23. The van der Waals surface area contributed by atoms with Crippen LogP contribution in [-0.4, -0.2) is 30.4 Å². The molecule has 2 N–H and O–H groups in total. The molecule has 0 atom stereocenters. The van der Waals surface area contributed by atoms with Gasteiger partial charge in [0.2, 0.25) is 0 Å². The van der Waals surface area contributed by atoms with Gasteiger partial charge in [-0.2, -0.15) is 0 Å². The minimum absolute atomic E-state index is 0.433. The molecule has 3 saturated heterocycles. The lowest BCUT2D eigenvalue weighted by molar-refractivity contribution is 0.100. The summed E-state index contributed by atoms with van der Waals surface area (Å²) < 4.78 is 0.987. The van der Waals surface area contributed by atoms with Crippen LogP contribution in [0.4, 0.5) is 0 Å². The second-order valence-corrected chi connectivity index (χ2v) is 7.11. The molecule has 0 aliphatic carbocycles. The van der Waals surface area contributed by atoms with Crippen molar-refractivity contribution < 1.29 is 4.79 Å². The van der Waals surface area contributed by atoms with Crippen LogP contribution in [0.15, 0.2) is 24.3 Å². The maximum absolute atomic E-state index is 10.9. The third-order valence-corrected chi connectivity index (χ3v) is 6.01. The smallest absolute Gasteiger partial charge is 0.260 e. The standard InChI is InChI=1S/C9H6ClNOS.C7H13N/c10-7-5-3-1-2-4-6(5)13-8(7)9(11)12;1-4-8-5-2-7(1)3-6-8/h1-4H,(H2,11,12);7H,1-6H2. The Morgan fingerprint density at radius 2 is 1.81 bits per heavy atom. The molecule has 21 heavy (non-hydrogen) atoms. The maximum Gasteiger partial charge on any atom is 0.260 e. The second kappa shape index (κ2) is 6.34. The molecule has 5 rings (SSSR count). The van der Waals surface area contributed by atoms with Crippen molar-refractivity contribution in [2.24, 2.45) is 11.7 Å². The van der Waals surface area contributed by atoms with Crippen LogP contribution in [-0.2, 0) is 0 Å². The van der Waals surface area contributed by atoms with E-state index in [4.69, 9.17) is 17.3 Å². The summed E-state index contributed by atoms with van der Waals surface area (Å²) in [4.78, 5) is 14.0. The molecule has 3 fully saturated rings. The number of primary amides is 1. The third-order valence-electron chi connectivity index (χ3n) is 4.32. The molecular formula is C16H19ClN2OS. The summed E-state index contributed by atoms with van der Waals surface area (Å²) in [6, 6.07) is 7.57. The predicted molar refractivity (Wildman–Crippen MR) is 89.1 cm³/mol. The van der Waals surface area contributed by atoms with Gasteiger partial charge in [0.25, 0.3) is 5.91 Å². The summed E-state index contributed by atoms with van der Waals surface area (Å²) in [7, 11) is 0. The molecule has 4 heterocycles. The Morgan fingerprint density at radius 3 is 2.24 bits per heavy atom. The highest BCUT2D eigenvalue weighted by Gasteiger charge is 2.24. The number of amides is 1. The van der Waals surface area contributed by atoms with Gasteiger partial charge in [-0.1, -0.05) is 29.8 Å². The SMILES string of the molecule is C1CN2CCC1CC2.NC(=O)c1sc2ccccc2c1Cl. The van der Waals surface area contributed by atoms with Gasteiger partial charge >= 0.3 is 0 Å². The summed E-state index contributed by atoms with van der Waals surface area (Å²) in [5.74, 6) is 0.645. The highest BCUT2D eigenvalue weighted by molar-refractivity contribution is 7.21. The first-order chi connectivity index (χ1) is 10.1. The van der Waals surface area contributed by atoms with Crippen molar-refractivity contribution in [1.29, 1.82) is 0 Å². The van der Waals surface area contributed by atoms with Crippen LogP contribution in [0.25, 0.3) is 10.1 Å². The number of thiophene rings is 1. The van der Waals surface area contributed by atoms with E-state index in [0.29, 0.717) is 9.90 Å². The summed E-state index contributed by atoms with van der Waals surface area (Å²) in [6.07, 6.45) is 4.46. The van der Waals surface area contributed by atoms with Gasteiger partial charge in [0.15, 0.2) is 0 Å². The Labute approximate surface area is 133 Å². The second-order valence-electron chi connectivity index (χ2n) is 5.68. The Hall–Kier alpha value is -1.10. The van der Waals surface area contributed by atoms with Gasteiger partial charge in [-0.3, -0.25) is 4.79 Å². The fourth-order valence-corrected chi connectivity index (χ4v) is 4.41. The fraction of sp³-hybridized carbons (Fsp3) is 0.438. The van der Waals surface area contributed by atoms with E-state index < -0.39 is 5.91 Å². The van der Waals surface area contributed by atoms with Crippen LogP contribution < -0.4 is 5.73 Å². The van der Waals surface area contributed by atoms with E-state index in [0.717, 1.165) is 16.0 Å². The highest BCUT2D eigenvalue weighted by atomic mass is 35.5. The molecule has 1 aromatic carbocycles. The van der Waals surface area contributed by atoms with E-state index in [1.807, 2.05) is 24.3 Å². The van der Waals surface area contributed by atoms with Crippen LogP contribution >= 0.6 is 22.9 Å². The number of carbonyl (C=O) groups is 1. The first-order valence-electron chi connectivity index (χ1n) is 7.34. The number of fused-ring (bicyclic) bond motifs is 4. The number of hydrogen-bond donors (Lipinski definition) is 1. The fourth-order valence-electron chi connectivity index (χ4n) is 3.04. The van der Waals surface area contributed by atoms with E-state index in [2.05, 4.69) is 4.90 Å². The first kappa shape index (κ1) is 14.8. The largest absolute Gasteiger partial charge is 0.365 e. The van der Waals surface area contributed by atoms with E-state index in [9.17, 15) is 4.79 Å². The molecule has 0 radical (unpaired) electrons. The van der Waals surface area contributed by atoms with E-state index >= 15 is 0 Å². The number of rotatable bonds is 1.